The highest BCUT2D eigenvalue weighted by atomic mass is 16.5. The molecule has 134 valence electrons. The maximum Gasteiger partial charge on any atom is 0.315 e. The van der Waals surface area contributed by atoms with Crippen LogP contribution in [-0.2, 0) is 13.1 Å². The molecule has 7 nitrogen and oxygen atoms in total. The number of nitrogens with zero attached hydrogens (tertiary/aromatic N) is 3. The first-order valence-electron chi connectivity index (χ1n) is 8.81. The van der Waals surface area contributed by atoms with E-state index in [-0.39, 0.29) is 12.1 Å². The van der Waals surface area contributed by atoms with Crippen LogP contribution in [0.15, 0.2) is 24.5 Å². The van der Waals surface area contributed by atoms with E-state index in [0.717, 1.165) is 48.5 Å². The summed E-state index contributed by atoms with van der Waals surface area (Å²) in [5.41, 5.74) is 2.18. The van der Waals surface area contributed by atoms with Crippen LogP contribution in [-0.4, -0.2) is 27.4 Å². The Morgan fingerprint density at radius 1 is 1.44 bits per heavy atom. The van der Waals surface area contributed by atoms with Gasteiger partial charge in [-0.1, -0.05) is 13.0 Å². The van der Waals surface area contributed by atoms with Crippen LogP contribution < -0.4 is 15.4 Å². The number of carbonyl (C=O) groups excluding carboxylic acids is 1. The molecule has 1 atom stereocenters. The average molecular weight is 343 g/mol. The predicted molar refractivity (Wildman–Crippen MR) is 94.3 cm³/mol. The molecule has 0 bridgehead atoms. The van der Waals surface area contributed by atoms with Crippen molar-refractivity contribution in [2.75, 3.05) is 6.61 Å². The molecular weight excluding hydrogens is 318 g/mol. The van der Waals surface area contributed by atoms with E-state index in [1.807, 2.05) is 29.8 Å². The van der Waals surface area contributed by atoms with E-state index in [4.69, 9.17) is 4.74 Å². The van der Waals surface area contributed by atoms with Gasteiger partial charge in [0.05, 0.1) is 12.6 Å². The first-order valence-corrected chi connectivity index (χ1v) is 8.81. The highest BCUT2D eigenvalue weighted by molar-refractivity contribution is 5.74. The number of benzene rings is 1. The fourth-order valence-electron chi connectivity index (χ4n) is 2.99. The van der Waals surface area contributed by atoms with Gasteiger partial charge in [0.15, 0.2) is 0 Å². The smallest absolute Gasteiger partial charge is 0.315 e. The second kappa shape index (κ2) is 8.00. The molecular formula is C18H25N5O2. The van der Waals surface area contributed by atoms with Gasteiger partial charge in [-0.25, -0.2) is 14.5 Å². The third kappa shape index (κ3) is 4.29. The Hall–Kier alpha value is -2.57. The van der Waals surface area contributed by atoms with Crippen molar-refractivity contribution >= 4 is 6.03 Å². The van der Waals surface area contributed by atoms with E-state index >= 15 is 0 Å². The van der Waals surface area contributed by atoms with Gasteiger partial charge in [0.2, 0.25) is 0 Å². The summed E-state index contributed by atoms with van der Waals surface area (Å²) in [7, 11) is 0. The van der Waals surface area contributed by atoms with Gasteiger partial charge in [-0.2, -0.15) is 5.10 Å². The van der Waals surface area contributed by atoms with Gasteiger partial charge in [0.1, 0.15) is 17.9 Å². The van der Waals surface area contributed by atoms with Gasteiger partial charge in [-0.05, 0) is 49.4 Å². The zero-order valence-corrected chi connectivity index (χ0v) is 14.8. The molecule has 0 fully saturated rings. The minimum Gasteiger partial charge on any atom is -0.494 e. The summed E-state index contributed by atoms with van der Waals surface area (Å²) in [4.78, 5) is 16.5. The molecule has 0 radical (unpaired) electrons. The Kier molecular flexibility index (Phi) is 5.53. The fourth-order valence-corrected chi connectivity index (χ4v) is 2.99. The molecule has 1 aromatic heterocycles. The van der Waals surface area contributed by atoms with E-state index in [2.05, 4.69) is 27.6 Å². The van der Waals surface area contributed by atoms with Crippen molar-refractivity contribution in [3.63, 3.8) is 0 Å². The Morgan fingerprint density at radius 2 is 2.32 bits per heavy atom. The molecule has 3 rings (SSSR count). The quantitative estimate of drug-likeness (QED) is 0.845. The Labute approximate surface area is 147 Å². The molecule has 2 N–H and O–H groups in total. The molecule has 25 heavy (non-hydrogen) atoms. The van der Waals surface area contributed by atoms with Crippen LogP contribution in [0.2, 0.25) is 0 Å². The van der Waals surface area contributed by atoms with E-state index in [1.54, 1.807) is 6.33 Å². The summed E-state index contributed by atoms with van der Waals surface area (Å²) in [5.74, 6) is 1.70. The third-order valence-electron chi connectivity index (χ3n) is 4.35. The Bertz CT molecular complexity index is 728. The van der Waals surface area contributed by atoms with Gasteiger partial charge in [-0.15, -0.1) is 0 Å². The lowest BCUT2D eigenvalue weighted by molar-refractivity contribution is 0.232. The molecule has 0 aliphatic carbocycles. The lowest BCUT2D eigenvalue weighted by atomic mass is 10.1. The second-order valence-electron chi connectivity index (χ2n) is 6.30. The van der Waals surface area contributed by atoms with Crippen LogP contribution in [0.5, 0.6) is 5.75 Å². The van der Waals surface area contributed by atoms with Crippen molar-refractivity contribution in [2.45, 2.75) is 52.2 Å². The lowest BCUT2D eigenvalue weighted by Crippen LogP contribution is -2.40. The molecule has 0 spiro atoms. The summed E-state index contributed by atoms with van der Waals surface area (Å²) in [6.45, 7) is 6.16. The first-order chi connectivity index (χ1) is 12.2. The van der Waals surface area contributed by atoms with Crippen LogP contribution in [0.3, 0.4) is 0 Å². The first kappa shape index (κ1) is 17.3. The number of aromatic nitrogens is 3. The van der Waals surface area contributed by atoms with Gasteiger partial charge in [0, 0.05) is 13.1 Å². The molecule has 2 amide bonds. The average Bonchev–Trinajstić information content (AvgIpc) is 3.09. The fraction of sp³-hybridized carbons (Fsp3) is 0.500. The zero-order valence-electron chi connectivity index (χ0n) is 14.8. The minimum absolute atomic E-state index is 0.0813. The molecule has 2 heterocycles. The van der Waals surface area contributed by atoms with Crippen LogP contribution in [0.25, 0.3) is 0 Å². The number of carbonyl (C=O) groups is 1. The molecule has 0 saturated carbocycles. The highest BCUT2D eigenvalue weighted by Crippen LogP contribution is 2.22. The summed E-state index contributed by atoms with van der Waals surface area (Å²) in [6.07, 6.45) is 4.39. The zero-order chi connectivity index (χ0) is 17.6. The maximum absolute atomic E-state index is 12.2. The molecule has 0 unspecified atom stereocenters. The molecule has 0 saturated heterocycles. The molecule has 7 heteroatoms. The summed E-state index contributed by atoms with van der Waals surface area (Å²) < 4.78 is 7.48. The number of rotatable bonds is 6. The van der Waals surface area contributed by atoms with Crippen LogP contribution in [0, 0.1) is 6.92 Å². The second-order valence-corrected chi connectivity index (χ2v) is 6.30. The molecule has 1 aliphatic rings. The number of ether oxygens (including phenoxy) is 1. The van der Waals surface area contributed by atoms with Crippen molar-refractivity contribution in [3.05, 3.63) is 41.5 Å². The number of hydrogen-bond acceptors (Lipinski definition) is 4. The van der Waals surface area contributed by atoms with E-state index in [9.17, 15) is 4.79 Å². The van der Waals surface area contributed by atoms with E-state index < -0.39 is 0 Å². The normalized spacial score (nSPS) is 16.2. The van der Waals surface area contributed by atoms with Gasteiger partial charge in [-0.3, -0.25) is 0 Å². The van der Waals surface area contributed by atoms with Crippen molar-refractivity contribution < 1.29 is 9.53 Å². The number of amides is 2. The van der Waals surface area contributed by atoms with Crippen molar-refractivity contribution in [1.29, 1.82) is 0 Å². The highest BCUT2D eigenvalue weighted by Gasteiger charge is 2.23. The lowest BCUT2D eigenvalue weighted by Gasteiger charge is -2.23. The summed E-state index contributed by atoms with van der Waals surface area (Å²) >= 11 is 0. The number of nitrogens with one attached hydrogen (secondary N) is 2. The Balaban J connectivity index is 1.53. The summed E-state index contributed by atoms with van der Waals surface area (Å²) in [5, 5.41) is 10.1. The SMILES string of the molecule is CCCOc1ccc(CNC(=O)N[C@H]2CCCn3ncnc32)c(C)c1. The van der Waals surface area contributed by atoms with Crippen LogP contribution in [0.1, 0.15) is 49.2 Å². The van der Waals surface area contributed by atoms with Crippen molar-refractivity contribution in [3.8, 4) is 5.75 Å². The topological polar surface area (TPSA) is 81.1 Å². The molecule has 1 aromatic carbocycles. The van der Waals surface area contributed by atoms with Gasteiger partial charge >= 0.3 is 6.03 Å². The van der Waals surface area contributed by atoms with E-state index in [0.29, 0.717) is 13.2 Å². The number of aryl methyl sites for hydroxylation is 2. The number of fused-ring (bicyclic) bond motifs is 1. The predicted octanol–water partition coefficient (Wildman–Crippen LogP) is 2.71. The van der Waals surface area contributed by atoms with Crippen LogP contribution >= 0.6 is 0 Å². The third-order valence-corrected chi connectivity index (χ3v) is 4.35. The number of urea groups is 1. The van der Waals surface area contributed by atoms with Crippen molar-refractivity contribution in [2.24, 2.45) is 0 Å². The minimum atomic E-state index is -0.188. The van der Waals surface area contributed by atoms with Gasteiger partial charge in [0.25, 0.3) is 0 Å². The maximum atomic E-state index is 12.2. The van der Waals surface area contributed by atoms with Crippen molar-refractivity contribution in [1.82, 2.24) is 25.4 Å². The Morgan fingerprint density at radius 3 is 3.12 bits per heavy atom. The largest absolute Gasteiger partial charge is 0.494 e. The van der Waals surface area contributed by atoms with Crippen LogP contribution in [0.4, 0.5) is 4.79 Å². The summed E-state index contributed by atoms with van der Waals surface area (Å²) in [6, 6.07) is 5.68. The monoisotopic (exact) mass is 343 g/mol. The van der Waals surface area contributed by atoms with E-state index in [1.165, 1.54) is 0 Å². The standard InChI is InChI=1S/C18H25N5O2/c1-3-9-25-15-7-6-14(13(2)10-15)11-19-18(24)22-16-5-4-8-23-17(16)20-12-21-23/h6-7,10,12,16H,3-5,8-9,11H2,1-2H3,(H2,19,22,24)/t16-/m0/s1. The molecule has 1 aliphatic heterocycles. The molecule has 2 aromatic rings. The number of hydrogen-bond donors (Lipinski definition) is 2. The van der Waals surface area contributed by atoms with Gasteiger partial charge < -0.3 is 15.4 Å².